The summed E-state index contributed by atoms with van der Waals surface area (Å²) in [5, 5.41) is 6.53. The molecule has 0 aliphatic carbocycles. The first kappa shape index (κ1) is 18.0. The fourth-order valence-electron chi connectivity index (χ4n) is 2.44. The maximum atomic E-state index is 12.5. The van der Waals surface area contributed by atoms with Crippen LogP contribution in [0.25, 0.3) is 10.7 Å². The van der Waals surface area contributed by atoms with E-state index in [0.29, 0.717) is 34.5 Å². The van der Waals surface area contributed by atoms with Crippen LogP contribution in [0.15, 0.2) is 48.8 Å². The highest BCUT2D eigenvalue weighted by atomic mass is 32.1. The number of carbonyl (C=O) groups excluding carboxylic acids is 1. The number of nitrogens with one attached hydrogen (secondary N) is 2. The zero-order chi connectivity index (χ0) is 18.4. The molecule has 0 saturated heterocycles. The quantitative estimate of drug-likeness (QED) is 0.588. The Balaban J connectivity index is 1.69. The summed E-state index contributed by atoms with van der Waals surface area (Å²) in [5.74, 6) is 0.331. The Morgan fingerprint density at radius 1 is 1.23 bits per heavy atom. The van der Waals surface area contributed by atoms with E-state index >= 15 is 0 Å². The third-order valence-corrected chi connectivity index (χ3v) is 4.79. The third kappa shape index (κ3) is 4.41. The normalized spacial score (nSPS) is 11.8. The van der Waals surface area contributed by atoms with E-state index in [2.05, 4.69) is 25.6 Å². The lowest BCUT2D eigenvalue weighted by molar-refractivity contribution is 0.0942. The van der Waals surface area contributed by atoms with E-state index in [1.54, 1.807) is 25.5 Å². The van der Waals surface area contributed by atoms with Crippen LogP contribution >= 0.6 is 11.3 Å². The second-order valence-electron chi connectivity index (χ2n) is 5.64. The molecule has 0 saturated carbocycles. The molecular weight excluding hydrogens is 348 g/mol. The molecule has 134 valence electrons. The fourth-order valence-corrected chi connectivity index (χ4v) is 3.23. The summed E-state index contributed by atoms with van der Waals surface area (Å²) in [4.78, 5) is 25.8. The Bertz CT molecular complexity index is 867. The van der Waals surface area contributed by atoms with Gasteiger partial charge in [-0.15, -0.1) is 11.3 Å². The van der Waals surface area contributed by atoms with Gasteiger partial charge in [0, 0.05) is 25.8 Å². The predicted molar refractivity (Wildman–Crippen MR) is 103 cm³/mol. The topological polar surface area (TPSA) is 106 Å². The lowest BCUT2D eigenvalue weighted by atomic mass is 10.1. The molecule has 4 N–H and O–H groups in total. The van der Waals surface area contributed by atoms with Gasteiger partial charge in [-0.1, -0.05) is 30.3 Å². The zero-order valence-corrected chi connectivity index (χ0v) is 15.2. The Hall–Kier alpha value is -2.84. The molecule has 1 amide bonds. The highest BCUT2D eigenvalue weighted by Gasteiger charge is 2.17. The summed E-state index contributed by atoms with van der Waals surface area (Å²) < 4.78 is 0. The van der Waals surface area contributed by atoms with Crippen molar-refractivity contribution in [3.63, 3.8) is 0 Å². The molecule has 3 aromatic rings. The van der Waals surface area contributed by atoms with Crippen molar-refractivity contribution in [2.24, 2.45) is 5.73 Å². The smallest absolute Gasteiger partial charge is 0.263 e. The molecular formula is C18H20N6OS. The van der Waals surface area contributed by atoms with Gasteiger partial charge in [0.2, 0.25) is 5.95 Å². The number of nitrogens with zero attached hydrogens (tertiary/aromatic N) is 3. The average molecular weight is 368 g/mol. The van der Waals surface area contributed by atoms with Gasteiger partial charge >= 0.3 is 0 Å². The molecule has 0 radical (unpaired) electrons. The Labute approximate surface area is 155 Å². The van der Waals surface area contributed by atoms with Gasteiger partial charge in [-0.25, -0.2) is 15.0 Å². The van der Waals surface area contributed by atoms with E-state index < -0.39 is 0 Å². The Morgan fingerprint density at radius 3 is 2.77 bits per heavy atom. The minimum atomic E-state index is -0.178. The van der Waals surface area contributed by atoms with E-state index in [-0.39, 0.29) is 11.9 Å². The number of thiazole rings is 1. The van der Waals surface area contributed by atoms with Crippen molar-refractivity contribution >= 4 is 23.2 Å². The molecule has 0 spiro atoms. The van der Waals surface area contributed by atoms with Crippen molar-refractivity contribution in [3.8, 4) is 10.7 Å². The first-order valence-electron chi connectivity index (χ1n) is 8.21. The summed E-state index contributed by atoms with van der Waals surface area (Å²) in [6.07, 6.45) is 3.90. The van der Waals surface area contributed by atoms with Gasteiger partial charge in [-0.05, 0) is 18.1 Å². The Kier molecular flexibility index (Phi) is 5.88. The number of hydrogen-bond acceptors (Lipinski definition) is 7. The number of nitrogens with two attached hydrogens (primary N) is 1. The summed E-state index contributed by atoms with van der Waals surface area (Å²) in [6.45, 7) is 0.365. The number of aromatic nitrogens is 3. The maximum absolute atomic E-state index is 12.5. The first-order valence-corrected chi connectivity index (χ1v) is 9.03. The third-order valence-electron chi connectivity index (χ3n) is 3.77. The molecule has 0 aliphatic heterocycles. The zero-order valence-electron chi connectivity index (χ0n) is 14.3. The molecule has 26 heavy (non-hydrogen) atoms. The Morgan fingerprint density at radius 2 is 2.04 bits per heavy atom. The molecule has 2 heterocycles. The minimum Gasteiger partial charge on any atom is -0.357 e. The van der Waals surface area contributed by atoms with E-state index in [0.717, 1.165) is 5.56 Å². The number of carbonyl (C=O) groups is 1. The highest BCUT2D eigenvalue weighted by Crippen LogP contribution is 2.24. The van der Waals surface area contributed by atoms with Gasteiger partial charge in [0.15, 0.2) is 0 Å². The molecule has 7 nitrogen and oxygen atoms in total. The van der Waals surface area contributed by atoms with Crippen LogP contribution in [0.4, 0.5) is 5.95 Å². The minimum absolute atomic E-state index is 0.134. The summed E-state index contributed by atoms with van der Waals surface area (Å²) in [6, 6.07) is 11.6. The molecule has 0 aliphatic rings. The molecule has 0 bridgehead atoms. The number of benzene rings is 1. The van der Waals surface area contributed by atoms with Crippen LogP contribution in [0.3, 0.4) is 0 Å². The maximum Gasteiger partial charge on any atom is 0.263 e. The lowest BCUT2D eigenvalue weighted by Gasteiger charge is -2.16. The van der Waals surface area contributed by atoms with Gasteiger partial charge in [0.25, 0.3) is 5.91 Å². The number of hydrogen-bond donors (Lipinski definition) is 3. The van der Waals surface area contributed by atoms with Crippen LogP contribution in [0, 0.1) is 0 Å². The van der Waals surface area contributed by atoms with E-state index in [1.165, 1.54) is 11.3 Å². The molecule has 2 aromatic heterocycles. The number of rotatable bonds is 7. The van der Waals surface area contributed by atoms with E-state index in [4.69, 9.17) is 5.73 Å². The van der Waals surface area contributed by atoms with Crippen LogP contribution in [0.2, 0.25) is 0 Å². The van der Waals surface area contributed by atoms with Crippen molar-refractivity contribution in [3.05, 3.63) is 59.2 Å². The fraction of sp³-hybridized carbons (Fsp3) is 0.222. The highest BCUT2D eigenvalue weighted by molar-refractivity contribution is 7.16. The summed E-state index contributed by atoms with van der Waals surface area (Å²) in [5.41, 5.74) is 7.63. The average Bonchev–Trinajstić information content (AvgIpc) is 3.18. The molecule has 1 atom stereocenters. The van der Waals surface area contributed by atoms with E-state index in [9.17, 15) is 4.79 Å². The second-order valence-corrected chi connectivity index (χ2v) is 6.67. The first-order chi connectivity index (χ1) is 12.7. The molecule has 1 aromatic carbocycles. The standard InChI is InChI=1S/C18H20N6OS/c1-20-18-21-8-7-14(24-18)17-22-11-15(26-17)16(25)23-13(10-19)9-12-5-3-2-4-6-12/h2-8,11,13H,9-10,19H2,1H3,(H,23,25)(H,20,21,24)/t13-/m0/s1. The molecule has 0 unspecified atom stereocenters. The molecule has 8 heteroatoms. The van der Waals surface area contributed by atoms with Crippen LogP contribution < -0.4 is 16.4 Å². The number of amides is 1. The van der Waals surface area contributed by atoms with Crippen molar-refractivity contribution in [2.45, 2.75) is 12.5 Å². The van der Waals surface area contributed by atoms with Crippen LogP contribution in [-0.4, -0.2) is 40.5 Å². The predicted octanol–water partition coefficient (Wildman–Crippen LogP) is 1.94. The monoisotopic (exact) mass is 368 g/mol. The SMILES string of the molecule is CNc1nccc(-c2ncc(C(=O)N[C@H](CN)Cc3ccccc3)s2)n1. The molecule has 0 fully saturated rings. The molecule has 3 rings (SSSR count). The van der Waals surface area contributed by atoms with Crippen LogP contribution in [-0.2, 0) is 6.42 Å². The lowest BCUT2D eigenvalue weighted by Crippen LogP contribution is -2.41. The van der Waals surface area contributed by atoms with Crippen molar-refractivity contribution in [1.29, 1.82) is 0 Å². The van der Waals surface area contributed by atoms with Crippen molar-refractivity contribution in [1.82, 2.24) is 20.3 Å². The number of anilines is 1. The van der Waals surface area contributed by atoms with Gasteiger partial charge in [-0.3, -0.25) is 4.79 Å². The van der Waals surface area contributed by atoms with E-state index in [1.807, 2.05) is 30.3 Å². The van der Waals surface area contributed by atoms with Crippen LogP contribution in [0.5, 0.6) is 0 Å². The summed E-state index contributed by atoms with van der Waals surface area (Å²) >= 11 is 1.29. The van der Waals surface area contributed by atoms with Crippen molar-refractivity contribution in [2.75, 3.05) is 18.9 Å². The van der Waals surface area contributed by atoms with Crippen LogP contribution in [0.1, 0.15) is 15.2 Å². The van der Waals surface area contributed by atoms with Gasteiger partial charge in [0.1, 0.15) is 15.6 Å². The van der Waals surface area contributed by atoms with Gasteiger partial charge < -0.3 is 16.4 Å². The van der Waals surface area contributed by atoms with Gasteiger partial charge in [0.05, 0.1) is 6.20 Å². The summed E-state index contributed by atoms with van der Waals surface area (Å²) in [7, 11) is 1.75. The second kappa shape index (κ2) is 8.50. The van der Waals surface area contributed by atoms with Crippen molar-refractivity contribution < 1.29 is 4.79 Å². The van der Waals surface area contributed by atoms with Gasteiger partial charge in [-0.2, -0.15) is 0 Å². The largest absolute Gasteiger partial charge is 0.357 e.